The summed E-state index contributed by atoms with van der Waals surface area (Å²) in [5.41, 5.74) is 1.38. The minimum absolute atomic E-state index is 0.0271. The van der Waals surface area contributed by atoms with E-state index >= 15 is 0 Å². The zero-order chi connectivity index (χ0) is 22.9. The monoisotopic (exact) mass is 439 g/mol. The Morgan fingerprint density at radius 1 is 0.969 bits per heavy atom. The maximum absolute atomic E-state index is 13.0. The van der Waals surface area contributed by atoms with Gasteiger partial charge in [-0.1, -0.05) is 18.5 Å². The lowest BCUT2D eigenvalue weighted by Crippen LogP contribution is -2.33. The van der Waals surface area contributed by atoms with Gasteiger partial charge in [0, 0.05) is 30.6 Å². The number of unbranched alkanes of at least 4 members (excludes halogenated alkanes) is 1. The molecule has 0 N–H and O–H groups in total. The van der Waals surface area contributed by atoms with Crippen molar-refractivity contribution in [2.75, 3.05) is 34.4 Å². The summed E-state index contributed by atoms with van der Waals surface area (Å²) in [6.45, 7) is 3.25. The van der Waals surface area contributed by atoms with Crippen molar-refractivity contribution >= 4 is 5.91 Å². The zero-order valence-electron chi connectivity index (χ0n) is 19.0. The van der Waals surface area contributed by atoms with E-state index in [1.54, 1.807) is 57.7 Å². The average molecular weight is 440 g/mol. The van der Waals surface area contributed by atoms with E-state index in [1.807, 2.05) is 11.0 Å². The molecule has 3 aromatic rings. The van der Waals surface area contributed by atoms with E-state index in [0.717, 1.165) is 24.2 Å². The Morgan fingerprint density at radius 3 is 2.38 bits per heavy atom. The molecule has 2 aromatic carbocycles. The van der Waals surface area contributed by atoms with Crippen LogP contribution in [0.2, 0.25) is 0 Å². The van der Waals surface area contributed by atoms with Gasteiger partial charge < -0.3 is 23.6 Å². The predicted octanol–water partition coefficient (Wildman–Crippen LogP) is 4.25. The lowest BCUT2D eigenvalue weighted by molar-refractivity contribution is 0.0752. The van der Waals surface area contributed by atoms with Gasteiger partial charge >= 0.3 is 0 Å². The molecule has 1 amide bonds. The summed E-state index contributed by atoms with van der Waals surface area (Å²) in [4.78, 5) is 19.3. The quantitative estimate of drug-likeness (QED) is 0.441. The van der Waals surface area contributed by atoms with E-state index in [9.17, 15) is 4.79 Å². The van der Waals surface area contributed by atoms with Crippen molar-refractivity contribution in [3.63, 3.8) is 0 Å². The number of amides is 1. The fraction of sp³-hybridized carbons (Fsp3) is 0.375. The number of carbonyl (C=O) groups excluding carboxylic acids is 1. The molecule has 3 rings (SSSR count). The predicted molar refractivity (Wildman–Crippen MR) is 120 cm³/mol. The van der Waals surface area contributed by atoms with Gasteiger partial charge in [-0.15, -0.1) is 0 Å². The summed E-state index contributed by atoms with van der Waals surface area (Å²) in [6.07, 6.45) is 2.38. The highest BCUT2D eigenvalue weighted by Gasteiger charge is 2.18. The smallest absolute Gasteiger partial charge is 0.253 e. The Hall–Kier alpha value is -3.55. The number of hydrogen-bond donors (Lipinski definition) is 0. The van der Waals surface area contributed by atoms with E-state index in [1.165, 1.54) is 0 Å². The Balaban J connectivity index is 1.70. The zero-order valence-corrected chi connectivity index (χ0v) is 19.0. The summed E-state index contributed by atoms with van der Waals surface area (Å²) < 4.78 is 21.2. The number of ether oxygens (including phenoxy) is 3. The first-order valence-electron chi connectivity index (χ1n) is 10.6. The fourth-order valence-corrected chi connectivity index (χ4v) is 3.26. The van der Waals surface area contributed by atoms with Gasteiger partial charge in [-0.25, -0.2) is 0 Å². The SMILES string of the molecule is CCCCN(CCc1nc(-c2ccc(OC)c(OC)c2)no1)C(=O)c1ccc(OC)cc1. The molecule has 0 spiro atoms. The second-order valence-electron chi connectivity index (χ2n) is 7.21. The first-order chi connectivity index (χ1) is 15.6. The van der Waals surface area contributed by atoms with Crippen LogP contribution in [0.5, 0.6) is 17.2 Å². The lowest BCUT2D eigenvalue weighted by Gasteiger charge is -2.22. The van der Waals surface area contributed by atoms with E-state index in [2.05, 4.69) is 17.1 Å². The van der Waals surface area contributed by atoms with Crippen molar-refractivity contribution < 1.29 is 23.5 Å². The number of methoxy groups -OCH3 is 3. The van der Waals surface area contributed by atoms with Gasteiger partial charge in [-0.3, -0.25) is 4.79 Å². The minimum Gasteiger partial charge on any atom is -0.497 e. The molecule has 0 unspecified atom stereocenters. The van der Waals surface area contributed by atoms with Gasteiger partial charge in [0.15, 0.2) is 11.5 Å². The normalized spacial score (nSPS) is 10.6. The van der Waals surface area contributed by atoms with E-state index in [-0.39, 0.29) is 5.91 Å². The van der Waals surface area contributed by atoms with Gasteiger partial charge in [0.1, 0.15) is 5.75 Å². The standard InChI is InChI=1S/C24H29N3O5/c1-5-6-14-27(24(28)17-7-10-19(29-2)11-8-17)15-13-22-25-23(26-32-22)18-9-12-20(30-3)21(16-18)31-4/h7-12,16H,5-6,13-15H2,1-4H3. The lowest BCUT2D eigenvalue weighted by atomic mass is 10.1. The Morgan fingerprint density at radius 2 is 1.72 bits per heavy atom. The molecule has 0 aliphatic heterocycles. The molecule has 0 aliphatic carbocycles. The molecule has 0 saturated heterocycles. The summed E-state index contributed by atoms with van der Waals surface area (Å²) in [5, 5.41) is 4.08. The second-order valence-corrected chi connectivity index (χ2v) is 7.21. The molecule has 0 bridgehead atoms. The summed E-state index contributed by atoms with van der Waals surface area (Å²) in [6, 6.07) is 12.6. The van der Waals surface area contributed by atoms with Crippen LogP contribution in [0.4, 0.5) is 0 Å². The van der Waals surface area contributed by atoms with Crippen LogP contribution in [0, 0.1) is 0 Å². The van der Waals surface area contributed by atoms with Crippen LogP contribution >= 0.6 is 0 Å². The molecule has 0 aliphatic rings. The van der Waals surface area contributed by atoms with Crippen LogP contribution < -0.4 is 14.2 Å². The molecule has 170 valence electrons. The summed E-state index contributed by atoms with van der Waals surface area (Å²) in [5.74, 6) is 2.84. The molecule has 0 atom stereocenters. The summed E-state index contributed by atoms with van der Waals surface area (Å²) >= 11 is 0. The van der Waals surface area contributed by atoms with Crippen molar-refractivity contribution in [1.82, 2.24) is 15.0 Å². The van der Waals surface area contributed by atoms with Crippen molar-refractivity contribution in [3.8, 4) is 28.6 Å². The molecule has 1 heterocycles. The van der Waals surface area contributed by atoms with E-state index < -0.39 is 0 Å². The van der Waals surface area contributed by atoms with E-state index in [0.29, 0.717) is 48.3 Å². The topological polar surface area (TPSA) is 86.9 Å². The number of benzene rings is 2. The third-order valence-electron chi connectivity index (χ3n) is 5.11. The maximum atomic E-state index is 13.0. The van der Waals surface area contributed by atoms with Crippen LogP contribution in [-0.4, -0.2) is 55.4 Å². The molecule has 0 saturated carbocycles. The van der Waals surface area contributed by atoms with Gasteiger partial charge in [-0.05, 0) is 48.9 Å². The molecule has 8 heteroatoms. The van der Waals surface area contributed by atoms with Crippen LogP contribution in [0.15, 0.2) is 47.0 Å². The Kier molecular flexibility index (Phi) is 8.08. The van der Waals surface area contributed by atoms with Gasteiger partial charge in [0.25, 0.3) is 5.91 Å². The first kappa shape index (κ1) is 23.1. The van der Waals surface area contributed by atoms with E-state index in [4.69, 9.17) is 18.7 Å². The number of hydrogen-bond acceptors (Lipinski definition) is 7. The minimum atomic E-state index is -0.0271. The highest BCUT2D eigenvalue weighted by atomic mass is 16.5. The molecular weight excluding hydrogens is 410 g/mol. The Bertz CT molecular complexity index is 1020. The molecule has 8 nitrogen and oxygen atoms in total. The van der Waals surface area contributed by atoms with Gasteiger partial charge in [0.05, 0.1) is 21.3 Å². The van der Waals surface area contributed by atoms with Crippen LogP contribution in [0.25, 0.3) is 11.4 Å². The van der Waals surface area contributed by atoms with Crippen LogP contribution in [0.3, 0.4) is 0 Å². The fourth-order valence-electron chi connectivity index (χ4n) is 3.26. The highest BCUT2D eigenvalue weighted by molar-refractivity contribution is 5.94. The first-order valence-corrected chi connectivity index (χ1v) is 10.6. The number of nitrogens with zero attached hydrogens (tertiary/aromatic N) is 3. The number of aromatic nitrogens is 2. The average Bonchev–Trinajstić information content (AvgIpc) is 3.32. The van der Waals surface area contributed by atoms with Gasteiger partial charge in [-0.2, -0.15) is 4.98 Å². The number of rotatable bonds is 11. The van der Waals surface area contributed by atoms with Crippen molar-refractivity contribution in [3.05, 3.63) is 53.9 Å². The second kappa shape index (κ2) is 11.2. The van der Waals surface area contributed by atoms with Gasteiger partial charge in [0.2, 0.25) is 11.7 Å². The third-order valence-corrected chi connectivity index (χ3v) is 5.11. The molecule has 0 fully saturated rings. The largest absolute Gasteiger partial charge is 0.497 e. The van der Waals surface area contributed by atoms with Crippen molar-refractivity contribution in [2.45, 2.75) is 26.2 Å². The summed E-state index contributed by atoms with van der Waals surface area (Å²) in [7, 11) is 4.76. The third kappa shape index (κ3) is 5.57. The number of carbonyl (C=O) groups is 1. The maximum Gasteiger partial charge on any atom is 0.253 e. The molecular formula is C24H29N3O5. The molecule has 1 aromatic heterocycles. The van der Waals surface area contributed by atoms with Crippen molar-refractivity contribution in [2.24, 2.45) is 0 Å². The molecule has 32 heavy (non-hydrogen) atoms. The van der Waals surface area contributed by atoms with Crippen LogP contribution in [-0.2, 0) is 6.42 Å². The Labute approximate surface area is 188 Å². The van der Waals surface area contributed by atoms with Crippen molar-refractivity contribution in [1.29, 1.82) is 0 Å². The van der Waals surface area contributed by atoms with Crippen LogP contribution in [0.1, 0.15) is 36.0 Å². The highest BCUT2D eigenvalue weighted by Crippen LogP contribution is 2.31. The molecule has 0 radical (unpaired) electrons.